The first-order chi connectivity index (χ1) is 13.0. The molecule has 0 bridgehead atoms. The third-order valence-corrected chi connectivity index (χ3v) is 4.38. The standard InChI is InChI=1S/C21H19NO4S/c1-3-25-21(24)17(13-22)11-16-5-4-6-18(12-16)26-20(23)14-27-19-9-7-15(2)8-10-19/h4-12H,3,14H2,1-2H3/b17-11+. The topological polar surface area (TPSA) is 76.4 Å². The third-order valence-electron chi connectivity index (χ3n) is 3.39. The molecule has 5 nitrogen and oxygen atoms in total. The van der Waals surface area contributed by atoms with Gasteiger partial charge in [0.2, 0.25) is 0 Å². The van der Waals surface area contributed by atoms with Crippen molar-refractivity contribution in [2.45, 2.75) is 18.7 Å². The molecular formula is C21H19NO4S. The van der Waals surface area contributed by atoms with Crippen LogP contribution in [0, 0.1) is 18.3 Å². The summed E-state index contributed by atoms with van der Waals surface area (Å²) in [5.41, 5.74) is 1.61. The van der Waals surface area contributed by atoms with E-state index in [2.05, 4.69) is 0 Å². The van der Waals surface area contributed by atoms with Crippen molar-refractivity contribution in [3.05, 3.63) is 65.2 Å². The van der Waals surface area contributed by atoms with Crippen LogP contribution < -0.4 is 4.74 Å². The van der Waals surface area contributed by atoms with E-state index in [1.807, 2.05) is 37.3 Å². The number of thioether (sulfide) groups is 1. The molecule has 27 heavy (non-hydrogen) atoms. The van der Waals surface area contributed by atoms with Crippen LogP contribution in [0.5, 0.6) is 5.75 Å². The Morgan fingerprint density at radius 2 is 1.93 bits per heavy atom. The van der Waals surface area contributed by atoms with E-state index < -0.39 is 5.97 Å². The Hall–Kier alpha value is -3.04. The summed E-state index contributed by atoms with van der Waals surface area (Å²) in [7, 11) is 0. The van der Waals surface area contributed by atoms with Crippen molar-refractivity contribution >= 4 is 29.8 Å². The van der Waals surface area contributed by atoms with Crippen LogP contribution in [0.1, 0.15) is 18.1 Å². The second kappa shape index (κ2) is 10.2. The number of carbonyl (C=O) groups excluding carboxylic acids is 2. The summed E-state index contributed by atoms with van der Waals surface area (Å²) in [6.07, 6.45) is 1.40. The second-order valence-electron chi connectivity index (χ2n) is 5.54. The first kappa shape index (κ1) is 20.3. The Morgan fingerprint density at radius 1 is 1.19 bits per heavy atom. The Kier molecular flexibility index (Phi) is 7.65. The van der Waals surface area contributed by atoms with E-state index in [0.717, 1.165) is 10.5 Å². The maximum Gasteiger partial charge on any atom is 0.348 e. The highest BCUT2D eigenvalue weighted by Crippen LogP contribution is 2.20. The molecule has 0 atom stereocenters. The number of esters is 2. The smallest absolute Gasteiger partial charge is 0.348 e. The van der Waals surface area contributed by atoms with Crippen LogP contribution in [0.2, 0.25) is 0 Å². The molecule has 138 valence electrons. The van der Waals surface area contributed by atoms with Crippen LogP contribution in [-0.2, 0) is 14.3 Å². The monoisotopic (exact) mass is 381 g/mol. The lowest BCUT2D eigenvalue weighted by atomic mass is 10.1. The molecule has 0 fully saturated rings. The fourth-order valence-corrected chi connectivity index (χ4v) is 2.79. The highest BCUT2D eigenvalue weighted by atomic mass is 32.2. The molecule has 0 aliphatic rings. The average molecular weight is 381 g/mol. The number of rotatable bonds is 7. The lowest BCUT2D eigenvalue weighted by molar-refractivity contribution is -0.138. The Morgan fingerprint density at radius 3 is 2.59 bits per heavy atom. The summed E-state index contributed by atoms with van der Waals surface area (Å²) >= 11 is 1.39. The number of ether oxygens (including phenoxy) is 2. The van der Waals surface area contributed by atoms with Gasteiger partial charge in [-0.1, -0.05) is 29.8 Å². The number of aryl methyl sites for hydroxylation is 1. The van der Waals surface area contributed by atoms with Crippen LogP contribution >= 0.6 is 11.8 Å². The highest BCUT2D eigenvalue weighted by Gasteiger charge is 2.11. The molecule has 2 aromatic rings. The number of nitriles is 1. The van der Waals surface area contributed by atoms with Crippen molar-refractivity contribution in [2.75, 3.05) is 12.4 Å². The van der Waals surface area contributed by atoms with Gasteiger partial charge in [0.25, 0.3) is 0 Å². The van der Waals surface area contributed by atoms with E-state index in [9.17, 15) is 9.59 Å². The Bertz CT molecular complexity index is 882. The maximum atomic E-state index is 12.1. The minimum atomic E-state index is -0.683. The molecule has 0 saturated heterocycles. The molecule has 0 radical (unpaired) electrons. The molecule has 0 aromatic heterocycles. The van der Waals surface area contributed by atoms with Gasteiger partial charge in [-0.3, -0.25) is 4.79 Å². The molecule has 0 aliphatic heterocycles. The molecule has 2 aromatic carbocycles. The number of nitrogens with zero attached hydrogens (tertiary/aromatic N) is 1. The van der Waals surface area contributed by atoms with Crippen molar-refractivity contribution in [3.8, 4) is 11.8 Å². The number of hydrogen-bond acceptors (Lipinski definition) is 6. The summed E-state index contributed by atoms with van der Waals surface area (Å²) in [4.78, 5) is 24.7. The zero-order valence-corrected chi connectivity index (χ0v) is 15.9. The second-order valence-corrected chi connectivity index (χ2v) is 6.59. The van der Waals surface area contributed by atoms with Gasteiger partial charge in [-0.2, -0.15) is 5.26 Å². The molecule has 0 unspecified atom stereocenters. The van der Waals surface area contributed by atoms with Crippen molar-refractivity contribution < 1.29 is 19.1 Å². The van der Waals surface area contributed by atoms with Gasteiger partial charge in [0.15, 0.2) is 0 Å². The summed E-state index contributed by atoms with van der Waals surface area (Å²) < 4.78 is 10.2. The van der Waals surface area contributed by atoms with Crippen LogP contribution in [0.3, 0.4) is 0 Å². The molecule has 0 saturated carbocycles. The lowest BCUT2D eigenvalue weighted by Crippen LogP contribution is -2.10. The summed E-state index contributed by atoms with van der Waals surface area (Å²) in [6, 6.07) is 16.3. The fraction of sp³-hybridized carbons (Fsp3) is 0.190. The molecule has 6 heteroatoms. The maximum absolute atomic E-state index is 12.1. The molecule has 0 heterocycles. The third kappa shape index (κ3) is 6.65. The highest BCUT2D eigenvalue weighted by molar-refractivity contribution is 8.00. The van der Waals surface area contributed by atoms with Crippen molar-refractivity contribution in [1.82, 2.24) is 0 Å². The summed E-state index contributed by atoms with van der Waals surface area (Å²) in [6.45, 7) is 3.86. The molecule has 0 N–H and O–H groups in total. The van der Waals surface area contributed by atoms with Crippen LogP contribution in [0.4, 0.5) is 0 Å². The predicted octanol–water partition coefficient (Wildman–Crippen LogP) is 4.16. The average Bonchev–Trinajstić information content (AvgIpc) is 2.66. The van der Waals surface area contributed by atoms with Crippen LogP contribution in [0.15, 0.2) is 59.0 Å². The molecule has 0 amide bonds. The van der Waals surface area contributed by atoms with Crippen molar-refractivity contribution in [1.29, 1.82) is 5.26 Å². The van der Waals surface area contributed by atoms with Crippen molar-refractivity contribution in [2.24, 2.45) is 0 Å². The van der Waals surface area contributed by atoms with Gasteiger partial charge >= 0.3 is 11.9 Å². The quantitative estimate of drug-likeness (QED) is 0.236. The lowest BCUT2D eigenvalue weighted by Gasteiger charge is -2.06. The van der Waals surface area contributed by atoms with Gasteiger partial charge in [-0.25, -0.2) is 4.79 Å². The van der Waals surface area contributed by atoms with Gasteiger partial charge in [0, 0.05) is 4.90 Å². The van der Waals surface area contributed by atoms with Gasteiger partial charge in [-0.05, 0) is 49.8 Å². The van der Waals surface area contributed by atoms with E-state index >= 15 is 0 Å². The zero-order valence-electron chi connectivity index (χ0n) is 15.1. The number of benzene rings is 2. The van der Waals surface area contributed by atoms with E-state index in [1.54, 1.807) is 31.2 Å². The number of hydrogen-bond donors (Lipinski definition) is 0. The van der Waals surface area contributed by atoms with Crippen LogP contribution in [0.25, 0.3) is 6.08 Å². The van der Waals surface area contributed by atoms with E-state index in [1.165, 1.54) is 17.8 Å². The molecular weight excluding hydrogens is 362 g/mol. The van der Waals surface area contributed by atoms with Crippen LogP contribution in [-0.4, -0.2) is 24.3 Å². The molecule has 0 spiro atoms. The first-order valence-electron chi connectivity index (χ1n) is 8.31. The molecule has 2 rings (SSSR count). The first-order valence-corrected chi connectivity index (χ1v) is 9.29. The van der Waals surface area contributed by atoms with E-state index in [0.29, 0.717) is 11.3 Å². The largest absolute Gasteiger partial charge is 0.462 e. The van der Waals surface area contributed by atoms with Gasteiger partial charge in [0.05, 0.1) is 12.4 Å². The normalized spacial score (nSPS) is 10.8. The summed E-state index contributed by atoms with van der Waals surface area (Å²) in [5.74, 6) is -0.543. The van der Waals surface area contributed by atoms with E-state index in [4.69, 9.17) is 14.7 Å². The SMILES string of the molecule is CCOC(=O)/C(C#N)=C/c1cccc(OC(=O)CSc2ccc(C)cc2)c1. The van der Waals surface area contributed by atoms with Gasteiger partial charge < -0.3 is 9.47 Å². The van der Waals surface area contributed by atoms with Crippen molar-refractivity contribution in [3.63, 3.8) is 0 Å². The minimum Gasteiger partial charge on any atom is -0.462 e. The zero-order chi connectivity index (χ0) is 19.6. The Labute approximate surface area is 162 Å². The molecule has 0 aliphatic carbocycles. The van der Waals surface area contributed by atoms with Gasteiger partial charge in [-0.15, -0.1) is 11.8 Å². The van der Waals surface area contributed by atoms with Gasteiger partial charge in [0.1, 0.15) is 17.4 Å². The Balaban J connectivity index is 2.00. The fourth-order valence-electron chi connectivity index (χ4n) is 2.12. The number of carbonyl (C=O) groups is 2. The minimum absolute atomic E-state index is 0.116. The predicted molar refractivity (Wildman–Crippen MR) is 104 cm³/mol. The summed E-state index contributed by atoms with van der Waals surface area (Å²) in [5, 5.41) is 9.09. The van der Waals surface area contributed by atoms with E-state index in [-0.39, 0.29) is 23.9 Å².